The van der Waals surface area contributed by atoms with Gasteiger partial charge in [-0.15, -0.1) is 0 Å². The van der Waals surface area contributed by atoms with Crippen molar-refractivity contribution in [3.05, 3.63) is 17.8 Å². The van der Waals surface area contributed by atoms with E-state index in [-0.39, 0.29) is 11.5 Å². The van der Waals surface area contributed by atoms with E-state index >= 15 is 0 Å². The molecule has 1 aromatic rings. The molecule has 2 aliphatic rings. The van der Waals surface area contributed by atoms with Crippen LogP contribution in [-0.4, -0.2) is 94.3 Å². The van der Waals surface area contributed by atoms with Crippen LogP contribution in [0.2, 0.25) is 0 Å². The van der Waals surface area contributed by atoms with E-state index in [1.807, 2.05) is 32.6 Å². The molecule has 182 valence electrons. The van der Waals surface area contributed by atoms with Gasteiger partial charge in [0, 0.05) is 45.3 Å². The molecule has 1 aromatic heterocycles. The van der Waals surface area contributed by atoms with Gasteiger partial charge in [0.1, 0.15) is 6.26 Å². The highest BCUT2D eigenvalue weighted by molar-refractivity contribution is 5.92. The average Bonchev–Trinajstić information content (AvgIpc) is 3.23. The number of carbonyl (C=O) groups is 1. The van der Waals surface area contributed by atoms with Gasteiger partial charge in [-0.1, -0.05) is 19.3 Å². The zero-order chi connectivity index (χ0) is 23.1. The lowest BCUT2D eigenvalue weighted by atomic mass is 9.94. The maximum atomic E-state index is 13.0. The van der Waals surface area contributed by atoms with Crippen LogP contribution in [0.3, 0.4) is 0 Å². The summed E-state index contributed by atoms with van der Waals surface area (Å²) in [6, 6.07) is 0.332. The first kappa shape index (κ1) is 25.1. The van der Waals surface area contributed by atoms with Crippen LogP contribution in [0.15, 0.2) is 10.7 Å². The van der Waals surface area contributed by atoms with Gasteiger partial charge < -0.3 is 19.2 Å². The predicted molar refractivity (Wildman–Crippen MR) is 124 cm³/mol. The van der Waals surface area contributed by atoms with Crippen molar-refractivity contribution in [2.45, 2.75) is 84.1 Å². The van der Waals surface area contributed by atoms with Crippen LogP contribution in [0.1, 0.15) is 76.2 Å². The first-order chi connectivity index (χ1) is 15.2. The zero-order valence-corrected chi connectivity index (χ0v) is 20.4. The van der Waals surface area contributed by atoms with E-state index in [4.69, 9.17) is 9.15 Å². The Balaban J connectivity index is 1.43. The minimum atomic E-state index is -0.480. The van der Waals surface area contributed by atoms with Crippen molar-refractivity contribution in [1.82, 2.24) is 19.7 Å². The molecule has 32 heavy (non-hydrogen) atoms. The highest BCUT2D eigenvalue weighted by atomic mass is 16.5. The number of aliphatic hydroxyl groups is 1. The van der Waals surface area contributed by atoms with Crippen molar-refractivity contribution in [1.29, 1.82) is 0 Å². The van der Waals surface area contributed by atoms with E-state index < -0.39 is 6.10 Å². The second kappa shape index (κ2) is 11.6. The number of hydrogen-bond donors (Lipinski definition) is 1. The second-order valence-electron chi connectivity index (χ2n) is 10.2. The molecule has 0 spiro atoms. The van der Waals surface area contributed by atoms with E-state index in [0.717, 1.165) is 39.0 Å². The van der Waals surface area contributed by atoms with Gasteiger partial charge in [0.15, 0.2) is 5.69 Å². The molecule has 1 aliphatic carbocycles. The topological polar surface area (TPSA) is 82.3 Å². The number of piperazine rings is 1. The zero-order valence-electron chi connectivity index (χ0n) is 20.4. The third kappa shape index (κ3) is 7.54. The molecule has 1 unspecified atom stereocenters. The summed E-state index contributed by atoms with van der Waals surface area (Å²) in [5.74, 6) is 0.589. The SMILES string of the molecule is CCN(C(=O)c1coc(CN2CCN(CC(O)COC(C)(C)C)CC2)n1)C1CCCCC1. The smallest absolute Gasteiger partial charge is 0.276 e. The summed E-state index contributed by atoms with van der Waals surface area (Å²) in [5.41, 5.74) is 0.189. The van der Waals surface area contributed by atoms with Crippen LogP contribution in [-0.2, 0) is 11.3 Å². The maximum Gasteiger partial charge on any atom is 0.276 e. The van der Waals surface area contributed by atoms with E-state index in [0.29, 0.717) is 43.9 Å². The fourth-order valence-electron chi connectivity index (χ4n) is 4.61. The lowest BCUT2D eigenvalue weighted by molar-refractivity contribution is -0.0588. The van der Waals surface area contributed by atoms with E-state index in [2.05, 4.69) is 14.8 Å². The summed E-state index contributed by atoms with van der Waals surface area (Å²) in [6.45, 7) is 13.8. The molecule has 8 heteroatoms. The Morgan fingerprint density at radius 1 is 1.22 bits per heavy atom. The monoisotopic (exact) mass is 450 g/mol. The van der Waals surface area contributed by atoms with Crippen molar-refractivity contribution < 1.29 is 19.1 Å². The lowest BCUT2D eigenvalue weighted by Gasteiger charge is -2.35. The van der Waals surface area contributed by atoms with Crippen molar-refractivity contribution in [2.24, 2.45) is 0 Å². The first-order valence-electron chi connectivity index (χ1n) is 12.3. The molecule has 1 saturated heterocycles. The Bertz CT molecular complexity index is 703. The molecule has 2 fully saturated rings. The first-order valence-corrected chi connectivity index (χ1v) is 12.3. The summed E-state index contributed by atoms with van der Waals surface area (Å²) < 4.78 is 11.3. The Labute approximate surface area is 192 Å². The number of β-amino-alcohol motifs (C(OH)–C–C–N with tert-alkyl or cyclic N) is 1. The normalized spacial score (nSPS) is 20.4. The van der Waals surface area contributed by atoms with Crippen molar-refractivity contribution in [3.8, 4) is 0 Å². The van der Waals surface area contributed by atoms with Gasteiger partial charge in [-0.2, -0.15) is 0 Å². The predicted octanol–water partition coefficient (Wildman–Crippen LogP) is 2.76. The molecule has 1 aliphatic heterocycles. The van der Waals surface area contributed by atoms with Crippen molar-refractivity contribution in [2.75, 3.05) is 45.9 Å². The van der Waals surface area contributed by atoms with Gasteiger partial charge in [0.25, 0.3) is 5.91 Å². The fraction of sp³-hybridized carbons (Fsp3) is 0.833. The lowest BCUT2D eigenvalue weighted by Crippen LogP contribution is -2.49. The second-order valence-corrected chi connectivity index (χ2v) is 10.2. The van der Waals surface area contributed by atoms with Gasteiger partial charge in [0.2, 0.25) is 5.89 Å². The average molecular weight is 451 g/mol. The van der Waals surface area contributed by atoms with Gasteiger partial charge in [-0.25, -0.2) is 4.98 Å². The van der Waals surface area contributed by atoms with E-state index in [9.17, 15) is 9.90 Å². The number of amides is 1. The number of nitrogens with zero attached hydrogens (tertiary/aromatic N) is 4. The third-order valence-corrected chi connectivity index (χ3v) is 6.39. The molecule has 1 N–H and O–H groups in total. The Morgan fingerprint density at radius 3 is 2.50 bits per heavy atom. The minimum absolute atomic E-state index is 0.00863. The summed E-state index contributed by atoms with van der Waals surface area (Å²) in [7, 11) is 0. The van der Waals surface area contributed by atoms with Gasteiger partial charge >= 0.3 is 0 Å². The molecular formula is C24H42N4O4. The van der Waals surface area contributed by atoms with Gasteiger partial charge in [-0.3, -0.25) is 14.6 Å². The van der Waals surface area contributed by atoms with Crippen molar-refractivity contribution in [3.63, 3.8) is 0 Å². The number of aromatic nitrogens is 1. The van der Waals surface area contributed by atoms with Crippen molar-refractivity contribution >= 4 is 5.91 Å². The number of aliphatic hydroxyl groups excluding tert-OH is 1. The van der Waals surface area contributed by atoms with Gasteiger partial charge in [-0.05, 0) is 40.5 Å². The highest BCUT2D eigenvalue weighted by Gasteiger charge is 2.28. The molecular weight excluding hydrogens is 408 g/mol. The van der Waals surface area contributed by atoms with Crippen LogP contribution in [0.4, 0.5) is 0 Å². The quantitative estimate of drug-likeness (QED) is 0.619. The molecule has 0 radical (unpaired) electrons. The Hall–Kier alpha value is -1.48. The van der Waals surface area contributed by atoms with Crippen LogP contribution < -0.4 is 0 Å². The molecule has 1 saturated carbocycles. The van der Waals surface area contributed by atoms with Crippen LogP contribution in [0.5, 0.6) is 0 Å². The van der Waals surface area contributed by atoms with E-state index in [1.165, 1.54) is 25.5 Å². The molecule has 8 nitrogen and oxygen atoms in total. The Kier molecular flexibility index (Phi) is 9.11. The highest BCUT2D eigenvalue weighted by Crippen LogP contribution is 2.24. The standard InChI is InChI=1S/C24H42N4O4/c1-5-28(19-9-7-6-8-10-19)23(30)21-18-31-22(25-21)16-27-13-11-26(12-14-27)15-20(29)17-32-24(2,3)4/h18-20,29H,5-17H2,1-4H3. The molecule has 0 aromatic carbocycles. The summed E-state index contributed by atoms with van der Waals surface area (Å²) >= 11 is 0. The summed E-state index contributed by atoms with van der Waals surface area (Å²) in [6.07, 6.45) is 6.89. The number of hydrogen-bond acceptors (Lipinski definition) is 7. The van der Waals surface area contributed by atoms with Gasteiger partial charge in [0.05, 0.1) is 24.9 Å². The summed E-state index contributed by atoms with van der Waals surface area (Å²) in [4.78, 5) is 24.0. The van der Waals surface area contributed by atoms with E-state index in [1.54, 1.807) is 0 Å². The molecule has 3 rings (SSSR count). The maximum absolute atomic E-state index is 13.0. The third-order valence-electron chi connectivity index (χ3n) is 6.39. The molecule has 1 atom stereocenters. The molecule has 1 amide bonds. The minimum Gasteiger partial charge on any atom is -0.447 e. The molecule has 2 heterocycles. The van der Waals surface area contributed by atoms with Crippen LogP contribution >= 0.6 is 0 Å². The largest absolute Gasteiger partial charge is 0.447 e. The summed E-state index contributed by atoms with van der Waals surface area (Å²) in [5, 5.41) is 10.2. The number of oxazole rings is 1. The molecule has 0 bridgehead atoms. The van der Waals surface area contributed by atoms with Crippen LogP contribution in [0, 0.1) is 0 Å². The number of carbonyl (C=O) groups excluding carboxylic acids is 1. The Morgan fingerprint density at radius 2 is 1.88 bits per heavy atom. The fourth-order valence-corrected chi connectivity index (χ4v) is 4.61. The number of ether oxygens (including phenoxy) is 1. The number of rotatable bonds is 9. The van der Waals surface area contributed by atoms with Crippen LogP contribution in [0.25, 0.3) is 0 Å².